The standard InChI is InChI=1S/C32H53N5O10/c1-7-18(6)25(37-30(45)24(33)17(4)5)31(46)35-21(13-16(2)3)29(44)36-22(15-38)26(41)27(42)28(43)32(47)34-20(14-23(39)40)19-11-9-8-10-12-19/h8-12,16-18,20-22,24-28,38,41-43H,7,13-15,33H2,1-6H3,(H,34,47)(H,35,46)(H,36,44)(H,37,45)(H,39,40)/t18-,20?,21-,22?,24-,25-,26?,27?,28?/m0/s1. The van der Waals surface area contributed by atoms with Crippen LogP contribution in [-0.2, 0) is 24.0 Å². The third-order valence-corrected chi connectivity index (χ3v) is 7.93. The second-order valence-corrected chi connectivity index (χ2v) is 12.6. The van der Waals surface area contributed by atoms with Gasteiger partial charge in [-0.3, -0.25) is 24.0 Å². The molecule has 0 aromatic heterocycles. The summed E-state index contributed by atoms with van der Waals surface area (Å²) >= 11 is 0. The Morgan fingerprint density at radius 3 is 1.87 bits per heavy atom. The smallest absolute Gasteiger partial charge is 0.305 e. The van der Waals surface area contributed by atoms with Gasteiger partial charge in [-0.2, -0.15) is 0 Å². The molecule has 0 aliphatic heterocycles. The van der Waals surface area contributed by atoms with Gasteiger partial charge in [0.05, 0.1) is 31.2 Å². The van der Waals surface area contributed by atoms with Crippen LogP contribution < -0.4 is 27.0 Å². The van der Waals surface area contributed by atoms with Crippen LogP contribution in [0.2, 0.25) is 0 Å². The van der Waals surface area contributed by atoms with Gasteiger partial charge in [0.2, 0.25) is 17.7 Å². The highest BCUT2D eigenvalue weighted by Crippen LogP contribution is 2.18. The molecule has 266 valence electrons. The van der Waals surface area contributed by atoms with Crippen molar-refractivity contribution >= 4 is 29.6 Å². The van der Waals surface area contributed by atoms with Gasteiger partial charge < -0.3 is 52.5 Å². The first-order chi connectivity index (χ1) is 21.9. The van der Waals surface area contributed by atoms with E-state index in [1.807, 2.05) is 6.92 Å². The van der Waals surface area contributed by atoms with Crippen molar-refractivity contribution in [3.05, 3.63) is 35.9 Å². The van der Waals surface area contributed by atoms with E-state index in [1.165, 1.54) is 0 Å². The fourth-order valence-electron chi connectivity index (χ4n) is 4.69. The van der Waals surface area contributed by atoms with Gasteiger partial charge in [0.1, 0.15) is 24.3 Å². The molecule has 1 aromatic carbocycles. The molecule has 0 spiro atoms. The molecular formula is C32H53N5O10. The molecular weight excluding hydrogens is 614 g/mol. The molecule has 1 rings (SSSR count). The van der Waals surface area contributed by atoms with Gasteiger partial charge in [0.15, 0.2) is 6.10 Å². The van der Waals surface area contributed by atoms with Crippen LogP contribution in [0.3, 0.4) is 0 Å². The van der Waals surface area contributed by atoms with Crippen molar-refractivity contribution in [2.45, 2.75) is 109 Å². The normalized spacial score (nSPS) is 17.3. The van der Waals surface area contributed by atoms with Crippen molar-refractivity contribution in [2.24, 2.45) is 23.5 Å². The second-order valence-electron chi connectivity index (χ2n) is 12.6. The van der Waals surface area contributed by atoms with Crippen molar-refractivity contribution in [1.29, 1.82) is 0 Å². The summed E-state index contributed by atoms with van der Waals surface area (Å²) in [5.74, 6) is -5.08. The topological polar surface area (TPSA) is 261 Å². The zero-order chi connectivity index (χ0) is 36.0. The summed E-state index contributed by atoms with van der Waals surface area (Å²) in [7, 11) is 0. The maximum absolute atomic E-state index is 13.4. The molecule has 0 aliphatic carbocycles. The number of nitrogens with one attached hydrogen (secondary N) is 4. The van der Waals surface area contributed by atoms with Crippen molar-refractivity contribution in [1.82, 2.24) is 21.3 Å². The number of nitrogens with two attached hydrogens (primary N) is 1. The van der Waals surface area contributed by atoms with Crippen LogP contribution in [0.1, 0.15) is 72.4 Å². The first-order valence-corrected chi connectivity index (χ1v) is 15.8. The number of hydrogen-bond acceptors (Lipinski definition) is 10. The molecule has 0 heterocycles. The molecule has 0 bridgehead atoms. The number of amides is 4. The van der Waals surface area contributed by atoms with Crippen molar-refractivity contribution in [2.75, 3.05) is 6.61 Å². The predicted octanol–water partition coefficient (Wildman–Crippen LogP) is -1.08. The van der Waals surface area contributed by atoms with Crippen molar-refractivity contribution < 1.29 is 49.5 Å². The van der Waals surface area contributed by atoms with Crippen LogP contribution in [0.5, 0.6) is 0 Å². The van der Waals surface area contributed by atoms with E-state index in [4.69, 9.17) is 5.73 Å². The zero-order valence-corrected chi connectivity index (χ0v) is 27.9. The fourth-order valence-corrected chi connectivity index (χ4v) is 4.69. The van der Waals surface area contributed by atoms with Crippen LogP contribution in [0.4, 0.5) is 0 Å². The molecule has 4 amide bonds. The third-order valence-electron chi connectivity index (χ3n) is 7.93. The highest BCUT2D eigenvalue weighted by molar-refractivity contribution is 5.93. The lowest BCUT2D eigenvalue weighted by atomic mass is 9.95. The first-order valence-electron chi connectivity index (χ1n) is 15.8. The molecule has 15 heteroatoms. The lowest BCUT2D eigenvalue weighted by Crippen LogP contribution is -2.61. The summed E-state index contributed by atoms with van der Waals surface area (Å²) in [5.41, 5.74) is 6.37. The Bertz CT molecular complexity index is 1170. The Balaban J connectivity index is 3.08. The molecule has 9 atom stereocenters. The minimum atomic E-state index is -2.28. The van der Waals surface area contributed by atoms with E-state index < -0.39 is 91.1 Å². The van der Waals surface area contributed by atoms with Gasteiger partial charge in [-0.15, -0.1) is 0 Å². The molecule has 0 saturated carbocycles. The summed E-state index contributed by atoms with van der Waals surface area (Å²) in [5, 5.41) is 61.2. The number of carbonyl (C=O) groups is 5. The minimum absolute atomic E-state index is 0.117. The predicted molar refractivity (Wildman–Crippen MR) is 172 cm³/mol. The lowest BCUT2D eigenvalue weighted by molar-refractivity contribution is -0.145. The van der Waals surface area contributed by atoms with Crippen molar-refractivity contribution in [3.63, 3.8) is 0 Å². The van der Waals surface area contributed by atoms with E-state index in [0.717, 1.165) is 0 Å². The summed E-state index contributed by atoms with van der Waals surface area (Å²) in [4.78, 5) is 63.6. The Hall–Kier alpha value is -3.63. The van der Waals surface area contributed by atoms with Gasteiger partial charge in [-0.1, -0.05) is 78.3 Å². The quantitative estimate of drug-likeness (QED) is 0.0800. The summed E-state index contributed by atoms with van der Waals surface area (Å²) < 4.78 is 0. The number of carbonyl (C=O) groups excluding carboxylic acids is 4. The number of benzene rings is 1. The minimum Gasteiger partial charge on any atom is -0.481 e. The Kier molecular flexibility index (Phi) is 17.5. The summed E-state index contributed by atoms with van der Waals surface area (Å²) in [6.45, 7) is 9.79. The van der Waals surface area contributed by atoms with Crippen LogP contribution in [0.15, 0.2) is 30.3 Å². The van der Waals surface area contributed by atoms with E-state index >= 15 is 0 Å². The van der Waals surface area contributed by atoms with E-state index in [-0.39, 0.29) is 24.2 Å². The molecule has 0 saturated heterocycles. The maximum atomic E-state index is 13.4. The maximum Gasteiger partial charge on any atom is 0.305 e. The highest BCUT2D eigenvalue weighted by atomic mass is 16.4. The number of carboxylic acid groups (broad SMARTS) is 1. The highest BCUT2D eigenvalue weighted by Gasteiger charge is 2.38. The number of carboxylic acids is 1. The molecule has 15 nitrogen and oxygen atoms in total. The fraction of sp³-hybridized carbons (Fsp3) is 0.656. The zero-order valence-electron chi connectivity index (χ0n) is 27.9. The van der Waals surface area contributed by atoms with Crippen LogP contribution in [0.25, 0.3) is 0 Å². The van der Waals surface area contributed by atoms with E-state index in [9.17, 15) is 49.5 Å². The number of rotatable bonds is 20. The Morgan fingerprint density at radius 2 is 1.38 bits per heavy atom. The van der Waals surface area contributed by atoms with Crippen LogP contribution in [0, 0.1) is 17.8 Å². The molecule has 0 fully saturated rings. The van der Waals surface area contributed by atoms with Gasteiger partial charge >= 0.3 is 5.97 Å². The largest absolute Gasteiger partial charge is 0.481 e. The first kappa shape index (κ1) is 41.4. The lowest BCUT2D eigenvalue weighted by Gasteiger charge is -2.31. The number of hydrogen-bond donors (Lipinski definition) is 10. The molecule has 47 heavy (non-hydrogen) atoms. The molecule has 0 radical (unpaired) electrons. The monoisotopic (exact) mass is 667 g/mol. The third kappa shape index (κ3) is 13.2. The number of aliphatic carboxylic acids is 1. The number of aliphatic hydroxyl groups excluding tert-OH is 4. The summed E-state index contributed by atoms with van der Waals surface area (Å²) in [6.07, 6.45) is -6.46. The van der Waals surface area contributed by atoms with Gasteiger partial charge in [0.25, 0.3) is 5.91 Å². The number of aliphatic hydroxyl groups is 4. The van der Waals surface area contributed by atoms with Gasteiger partial charge in [0, 0.05) is 0 Å². The summed E-state index contributed by atoms with van der Waals surface area (Å²) in [6, 6.07) is 2.32. The molecule has 11 N–H and O–H groups in total. The van der Waals surface area contributed by atoms with E-state index in [1.54, 1.807) is 65.0 Å². The average Bonchev–Trinajstić information content (AvgIpc) is 3.03. The van der Waals surface area contributed by atoms with Gasteiger partial charge in [-0.05, 0) is 29.7 Å². The Labute approximate surface area is 275 Å². The average molecular weight is 668 g/mol. The second kappa shape index (κ2) is 19.9. The molecule has 1 aromatic rings. The van der Waals surface area contributed by atoms with E-state index in [0.29, 0.717) is 12.0 Å². The molecule has 5 unspecified atom stereocenters. The molecule has 0 aliphatic rings. The van der Waals surface area contributed by atoms with Crippen LogP contribution in [-0.4, -0.2) is 104 Å². The van der Waals surface area contributed by atoms with Gasteiger partial charge in [-0.25, -0.2) is 0 Å². The van der Waals surface area contributed by atoms with E-state index in [2.05, 4.69) is 21.3 Å². The van der Waals surface area contributed by atoms with Crippen molar-refractivity contribution in [3.8, 4) is 0 Å². The Morgan fingerprint density at radius 1 is 0.787 bits per heavy atom. The SMILES string of the molecule is CC[C@H](C)[C@H](NC(=O)[C@@H](N)C(C)C)C(=O)N[C@@H](CC(C)C)C(=O)NC(CO)C(O)C(O)C(O)C(=O)NC(CC(=O)O)c1ccccc1. The van der Waals surface area contributed by atoms with Crippen LogP contribution >= 0.6 is 0 Å².